The van der Waals surface area contributed by atoms with Gasteiger partial charge in [0.1, 0.15) is 18.9 Å². The Morgan fingerprint density at radius 3 is 2.08 bits per heavy atom. The van der Waals surface area contributed by atoms with Gasteiger partial charge in [-0.3, -0.25) is 9.59 Å². The van der Waals surface area contributed by atoms with E-state index < -0.39 is 0 Å². The highest BCUT2D eigenvalue weighted by Crippen LogP contribution is 2.21. The molecule has 1 N–H and O–H groups in total. The van der Waals surface area contributed by atoms with Crippen molar-refractivity contribution in [2.24, 2.45) is 5.10 Å². The molecule has 6 nitrogen and oxygen atoms in total. The molecule has 39 heavy (non-hydrogen) atoms. The van der Waals surface area contributed by atoms with E-state index in [0.29, 0.717) is 28.4 Å². The average molecular weight is 512 g/mol. The lowest BCUT2D eigenvalue weighted by Gasteiger charge is -2.14. The van der Waals surface area contributed by atoms with E-state index in [2.05, 4.69) is 34.8 Å². The number of para-hydroxylation sites is 2. The molecule has 0 fully saturated rings. The molecule has 0 saturated heterocycles. The number of ether oxygens (including phenoxy) is 1. The summed E-state index contributed by atoms with van der Waals surface area (Å²) in [5.41, 5.74) is 5.93. The molecule has 0 aliphatic rings. The zero-order chi connectivity index (χ0) is 26.6. The van der Waals surface area contributed by atoms with Gasteiger partial charge in [-0.15, -0.1) is 0 Å². The van der Waals surface area contributed by atoms with Crippen molar-refractivity contribution in [1.29, 1.82) is 0 Å². The van der Waals surface area contributed by atoms with Gasteiger partial charge in [-0.2, -0.15) is 5.10 Å². The maximum absolute atomic E-state index is 12.9. The Morgan fingerprint density at radius 1 is 0.744 bits per heavy atom. The van der Waals surface area contributed by atoms with Gasteiger partial charge in [-0.25, -0.2) is 5.43 Å². The van der Waals surface area contributed by atoms with Gasteiger partial charge in [0.15, 0.2) is 5.43 Å². The van der Waals surface area contributed by atoms with Crippen molar-refractivity contribution in [3.8, 4) is 5.75 Å². The number of hydrogen-bond acceptors (Lipinski definition) is 4. The molecule has 6 rings (SSSR count). The van der Waals surface area contributed by atoms with Crippen LogP contribution < -0.4 is 15.6 Å². The summed E-state index contributed by atoms with van der Waals surface area (Å²) in [6.45, 7) is 0.499. The van der Waals surface area contributed by atoms with Crippen LogP contribution in [-0.2, 0) is 17.9 Å². The fourth-order valence-electron chi connectivity index (χ4n) is 4.83. The fraction of sp³-hybridized carbons (Fsp3) is 0.0606. The van der Waals surface area contributed by atoms with E-state index in [0.717, 1.165) is 16.9 Å². The van der Waals surface area contributed by atoms with E-state index in [9.17, 15) is 9.59 Å². The quantitative estimate of drug-likeness (QED) is 0.161. The molecular weight excluding hydrogens is 486 g/mol. The Kier molecular flexibility index (Phi) is 6.58. The maximum atomic E-state index is 12.9. The predicted octanol–water partition coefficient (Wildman–Crippen LogP) is 6.04. The summed E-state index contributed by atoms with van der Waals surface area (Å²) in [4.78, 5) is 25.7. The third-order valence-electron chi connectivity index (χ3n) is 6.74. The van der Waals surface area contributed by atoms with E-state index in [1.54, 1.807) is 18.3 Å². The highest BCUT2D eigenvalue weighted by atomic mass is 16.5. The Bertz CT molecular complexity index is 1840. The number of hydrazone groups is 1. The summed E-state index contributed by atoms with van der Waals surface area (Å²) in [5, 5.41) is 7.66. The minimum absolute atomic E-state index is 0.0274. The molecule has 0 aliphatic heterocycles. The zero-order valence-electron chi connectivity index (χ0n) is 21.1. The Morgan fingerprint density at radius 2 is 1.36 bits per heavy atom. The number of rotatable bonds is 7. The molecule has 1 aromatic heterocycles. The molecule has 6 aromatic rings. The van der Waals surface area contributed by atoms with Crippen LogP contribution in [0.2, 0.25) is 0 Å². The summed E-state index contributed by atoms with van der Waals surface area (Å²) in [5.74, 6) is 0.460. The van der Waals surface area contributed by atoms with Gasteiger partial charge in [-0.1, -0.05) is 66.7 Å². The van der Waals surface area contributed by atoms with Crippen LogP contribution in [0.4, 0.5) is 0 Å². The normalized spacial score (nSPS) is 11.4. The minimum atomic E-state index is -0.291. The standard InChI is InChI=1S/C33H25N3O3/c37-32(21-36-30-14-5-3-12-28(30)33(38)29-13-4-6-15-31(29)36)35-34-20-23-16-18-26(19-17-23)39-22-25-10-7-9-24-8-1-2-11-27(24)25/h1-20H,21-22H2,(H,35,37)/b34-20-. The number of nitrogens with zero attached hydrogens (tertiary/aromatic N) is 2. The van der Waals surface area contributed by atoms with Crippen LogP contribution in [0, 0.1) is 0 Å². The van der Waals surface area contributed by atoms with E-state index in [1.807, 2.05) is 83.4 Å². The lowest BCUT2D eigenvalue weighted by Crippen LogP contribution is -2.25. The van der Waals surface area contributed by atoms with Crippen LogP contribution in [-0.4, -0.2) is 16.7 Å². The molecule has 0 spiro atoms. The summed E-state index contributed by atoms with van der Waals surface area (Å²) < 4.78 is 7.85. The Hall–Kier alpha value is -5.23. The molecular formula is C33H25N3O3. The third-order valence-corrected chi connectivity index (χ3v) is 6.74. The number of aromatic nitrogens is 1. The van der Waals surface area contributed by atoms with E-state index in [-0.39, 0.29) is 17.9 Å². The molecule has 1 amide bonds. The van der Waals surface area contributed by atoms with Crippen molar-refractivity contribution in [2.75, 3.05) is 0 Å². The summed E-state index contributed by atoms with van der Waals surface area (Å²) in [7, 11) is 0. The number of benzene rings is 5. The highest BCUT2D eigenvalue weighted by Gasteiger charge is 2.12. The average Bonchev–Trinajstić information content (AvgIpc) is 2.99. The van der Waals surface area contributed by atoms with Crippen molar-refractivity contribution >= 4 is 44.7 Å². The van der Waals surface area contributed by atoms with Crippen molar-refractivity contribution in [1.82, 2.24) is 9.99 Å². The van der Waals surface area contributed by atoms with Crippen LogP contribution in [0.15, 0.2) is 125 Å². The minimum Gasteiger partial charge on any atom is -0.489 e. The molecule has 0 bridgehead atoms. The first-order chi connectivity index (χ1) is 19.2. The topological polar surface area (TPSA) is 72.7 Å². The first-order valence-corrected chi connectivity index (χ1v) is 12.7. The maximum Gasteiger partial charge on any atom is 0.260 e. The van der Waals surface area contributed by atoms with Gasteiger partial charge in [0.05, 0.1) is 17.2 Å². The second-order valence-electron chi connectivity index (χ2n) is 9.24. The molecule has 6 heteroatoms. The number of fused-ring (bicyclic) bond motifs is 3. The van der Waals surface area contributed by atoms with Crippen LogP contribution in [0.1, 0.15) is 11.1 Å². The smallest absolute Gasteiger partial charge is 0.260 e. The summed E-state index contributed by atoms with van der Waals surface area (Å²) in [6, 6.07) is 36.6. The monoisotopic (exact) mass is 511 g/mol. The van der Waals surface area contributed by atoms with Gasteiger partial charge in [0.25, 0.3) is 5.91 Å². The second-order valence-corrected chi connectivity index (χ2v) is 9.24. The first kappa shape index (κ1) is 24.1. The van der Waals surface area contributed by atoms with Gasteiger partial charge in [0.2, 0.25) is 0 Å². The molecule has 0 atom stereocenters. The molecule has 0 radical (unpaired) electrons. The zero-order valence-corrected chi connectivity index (χ0v) is 21.1. The van der Waals surface area contributed by atoms with Crippen molar-refractivity contribution in [3.63, 3.8) is 0 Å². The van der Waals surface area contributed by atoms with Gasteiger partial charge in [0, 0.05) is 10.8 Å². The molecule has 0 unspecified atom stereocenters. The van der Waals surface area contributed by atoms with Crippen molar-refractivity contribution in [3.05, 3.63) is 137 Å². The molecule has 0 aliphatic carbocycles. The number of pyridine rings is 1. The van der Waals surface area contributed by atoms with Crippen LogP contribution in [0.5, 0.6) is 5.75 Å². The first-order valence-electron chi connectivity index (χ1n) is 12.7. The van der Waals surface area contributed by atoms with Crippen molar-refractivity contribution in [2.45, 2.75) is 13.2 Å². The lowest BCUT2D eigenvalue weighted by molar-refractivity contribution is -0.121. The Labute approximate surface area is 224 Å². The second kappa shape index (κ2) is 10.6. The number of carbonyl (C=O) groups is 1. The van der Waals surface area contributed by atoms with Crippen LogP contribution >= 0.6 is 0 Å². The number of hydrogen-bond donors (Lipinski definition) is 1. The van der Waals surface area contributed by atoms with Crippen molar-refractivity contribution < 1.29 is 9.53 Å². The predicted molar refractivity (Wildman–Crippen MR) is 156 cm³/mol. The van der Waals surface area contributed by atoms with Gasteiger partial charge >= 0.3 is 0 Å². The molecule has 5 aromatic carbocycles. The summed E-state index contributed by atoms with van der Waals surface area (Å²) in [6.07, 6.45) is 1.59. The largest absolute Gasteiger partial charge is 0.489 e. The lowest BCUT2D eigenvalue weighted by atomic mass is 10.1. The fourth-order valence-corrected chi connectivity index (χ4v) is 4.83. The SMILES string of the molecule is O=C(Cn1c2ccccc2c(=O)c2ccccc21)N/N=C\c1ccc(OCc2cccc3ccccc23)cc1. The molecule has 0 saturated carbocycles. The Balaban J connectivity index is 1.12. The van der Waals surface area contributed by atoms with E-state index >= 15 is 0 Å². The van der Waals surface area contributed by atoms with E-state index in [4.69, 9.17) is 4.74 Å². The van der Waals surface area contributed by atoms with Crippen LogP contribution in [0.3, 0.4) is 0 Å². The third kappa shape index (κ3) is 5.00. The van der Waals surface area contributed by atoms with E-state index in [1.165, 1.54) is 10.8 Å². The summed E-state index contributed by atoms with van der Waals surface area (Å²) >= 11 is 0. The number of carbonyl (C=O) groups excluding carboxylic acids is 1. The molecule has 1 heterocycles. The van der Waals surface area contributed by atoms with Gasteiger partial charge in [-0.05, 0) is 70.4 Å². The van der Waals surface area contributed by atoms with Gasteiger partial charge < -0.3 is 9.30 Å². The highest BCUT2D eigenvalue weighted by molar-refractivity contribution is 5.95. The molecule has 190 valence electrons. The number of nitrogens with one attached hydrogen (secondary N) is 1. The van der Waals surface area contributed by atoms with Crippen LogP contribution in [0.25, 0.3) is 32.6 Å². The number of amides is 1.